The van der Waals surface area contributed by atoms with Gasteiger partial charge in [-0.25, -0.2) is 0 Å². The summed E-state index contributed by atoms with van der Waals surface area (Å²) in [4.78, 5) is 0. The first kappa shape index (κ1) is 11.9. The molecule has 0 heterocycles. The molecule has 2 heteroatoms. The van der Waals surface area contributed by atoms with Crippen LogP contribution in [-0.2, 0) is 4.74 Å². The third-order valence-corrected chi connectivity index (χ3v) is 1.92. The van der Waals surface area contributed by atoms with E-state index in [0.717, 1.165) is 19.4 Å². The van der Waals surface area contributed by atoms with Crippen molar-refractivity contribution in [2.75, 3.05) is 13.2 Å². The molecule has 2 nitrogen and oxygen atoms in total. The number of ether oxygens (including phenoxy) is 1. The van der Waals surface area contributed by atoms with E-state index >= 15 is 0 Å². The van der Waals surface area contributed by atoms with Gasteiger partial charge in [-0.15, -0.1) is 0 Å². The number of nitrogens with two attached hydrogens (primary N) is 1. The van der Waals surface area contributed by atoms with Crippen LogP contribution < -0.4 is 5.73 Å². The van der Waals surface area contributed by atoms with Crippen LogP contribution in [0.25, 0.3) is 0 Å². The van der Waals surface area contributed by atoms with Crippen LogP contribution in [0.3, 0.4) is 0 Å². The molecule has 0 aliphatic heterocycles. The zero-order valence-electron chi connectivity index (χ0n) is 8.89. The van der Waals surface area contributed by atoms with E-state index in [-0.39, 0.29) is 6.10 Å². The van der Waals surface area contributed by atoms with Gasteiger partial charge in [0.25, 0.3) is 0 Å². The summed E-state index contributed by atoms with van der Waals surface area (Å²) in [6.07, 6.45) is 2.37. The second kappa shape index (κ2) is 5.55. The molecule has 0 saturated carbocycles. The molecule has 74 valence electrons. The lowest BCUT2D eigenvalue weighted by atomic mass is 9.93. The Morgan fingerprint density at radius 3 is 2.25 bits per heavy atom. The second-order valence-electron chi connectivity index (χ2n) is 4.45. The maximum absolute atomic E-state index is 5.59. The van der Waals surface area contributed by atoms with Gasteiger partial charge in [0, 0.05) is 13.2 Å². The minimum absolute atomic E-state index is 0.257. The highest BCUT2D eigenvalue weighted by Gasteiger charge is 2.11. The van der Waals surface area contributed by atoms with Crippen LogP contribution in [0.15, 0.2) is 0 Å². The van der Waals surface area contributed by atoms with Crippen molar-refractivity contribution in [3.8, 4) is 0 Å². The molecule has 0 aromatic heterocycles. The summed E-state index contributed by atoms with van der Waals surface area (Å²) in [5.41, 5.74) is 5.88. The smallest absolute Gasteiger partial charge is 0.0694 e. The Morgan fingerprint density at radius 2 is 1.92 bits per heavy atom. The fraction of sp³-hybridized carbons (Fsp3) is 1.00. The quantitative estimate of drug-likeness (QED) is 0.691. The van der Waals surface area contributed by atoms with Gasteiger partial charge in [0.05, 0.1) is 6.10 Å². The highest BCUT2D eigenvalue weighted by atomic mass is 16.5. The monoisotopic (exact) mass is 173 g/mol. The molecular formula is C10H23NO. The minimum atomic E-state index is 0.257. The third-order valence-electron chi connectivity index (χ3n) is 1.92. The van der Waals surface area contributed by atoms with E-state index in [4.69, 9.17) is 10.5 Å². The molecule has 0 rings (SSSR count). The van der Waals surface area contributed by atoms with Crippen molar-refractivity contribution in [3.05, 3.63) is 0 Å². The molecule has 0 saturated heterocycles. The molecule has 0 fully saturated rings. The Bertz CT molecular complexity index is 103. The Hall–Kier alpha value is -0.0800. The first-order valence-corrected chi connectivity index (χ1v) is 4.81. The summed E-state index contributed by atoms with van der Waals surface area (Å²) < 4.78 is 5.59. The zero-order valence-corrected chi connectivity index (χ0v) is 8.89. The standard InChI is InChI=1S/C10H23NO/c1-5-9(8-11)12-7-6-10(2,3)4/h9H,5-8,11H2,1-4H3. The van der Waals surface area contributed by atoms with Crippen molar-refractivity contribution in [1.29, 1.82) is 0 Å². The molecule has 0 aliphatic rings. The Kier molecular flexibility index (Phi) is 5.51. The van der Waals surface area contributed by atoms with Gasteiger partial charge in [-0.05, 0) is 18.3 Å². The van der Waals surface area contributed by atoms with Crippen molar-refractivity contribution >= 4 is 0 Å². The van der Waals surface area contributed by atoms with Gasteiger partial charge in [0.2, 0.25) is 0 Å². The highest BCUT2D eigenvalue weighted by Crippen LogP contribution is 2.18. The Balaban J connectivity index is 3.41. The molecule has 0 aliphatic carbocycles. The van der Waals surface area contributed by atoms with Crippen molar-refractivity contribution < 1.29 is 4.74 Å². The molecule has 0 spiro atoms. The summed E-state index contributed by atoms with van der Waals surface area (Å²) >= 11 is 0. The average molecular weight is 173 g/mol. The molecule has 0 bridgehead atoms. The van der Waals surface area contributed by atoms with Gasteiger partial charge >= 0.3 is 0 Å². The summed E-state index contributed by atoms with van der Waals surface area (Å²) in [5.74, 6) is 0. The van der Waals surface area contributed by atoms with Gasteiger partial charge in [-0.3, -0.25) is 0 Å². The number of hydrogen-bond donors (Lipinski definition) is 1. The van der Waals surface area contributed by atoms with E-state index in [1.54, 1.807) is 0 Å². The fourth-order valence-corrected chi connectivity index (χ4v) is 0.884. The topological polar surface area (TPSA) is 35.2 Å². The summed E-state index contributed by atoms with van der Waals surface area (Å²) in [7, 11) is 0. The average Bonchev–Trinajstić information content (AvgIpc) is 1.96. The maximum atomic E-state index is 5.59. The predicted molar refractivity (Wildman–Crippen MR) is 53.2 cm³/mol. The van der Waals surface area contributed by atoms with Crippen LogP contribution in [0.5, 0.6) is 0 Å². The normalized spacial score (nSPS) is 14.8. The van der Waals surface area contributed by atoms with Gasteiger partial charge in [-0.1, -0.05) is 27.7 Å². The van der Waals surface area contributed by atoms with Gasteiger partial charge in [-0.2, -0.15) is 0 Å². The fourth-order valence-electron chi connectivity index (χ4n) is 0.884. The third kappa shape index (κ3) is 6.62. The van der Waals surface area contributed by atoms with Crippen LogP contribution in [0.4, 0.5) is 0 Å². The van der Waals surface area contributed by atoms with Crippen LogP contribution in [-0.4, -0.2) is 19.3 Å². The summed E-state index contributed by atoms with van der Waals surface area (Å²) in [6.45, 7) is 10.2. The molecule has 1 unspecified atom stereocenters. The summed E-state index contributed by atoms with van der Waals surface area (Å²) in [5, 5.41) is 0. The molecule has 0 amide bonds. The van der Waals surface area contributed by atoms with E-state index in [0.29, 0.717) is 12.0 Å². The Morgan fingerprint density at radius 1 is 1.33 bits per heavy atom. The van der Waals surface area contributed by atoms with E-state index in [1.807, 2.05) is 0 Å². The largest absolute Gasteiger partial charge is 0.377 e. The van der Waals surface area contributed by atoms with Gasteiger partial charge in [0.1, 0.15) is 0 Å². The summed E-state index contributed by atoms with van der Waals surface area (Å²) in [6, 6.07) is 0. The SMILES string of the molecule is CCC(CN)OCCC(C)(C)C. The van der Waals surface area contributed by atoms with E-state index in [9.17, 15) is 0 Å². The molecule has 12 heavy (non-hydrogen) atoms. The molecule has 0 radical (unpaired) electrons. The van der Waals surface area contributed by atoms with Crippen molar-refractivity contribution in [2.24, 2.45) is 11.1 Å². The zero-order chi connectivity index (χ0) is 9.61. The van der Waals surface area contributed by atoms with E-state index in [1.165, 1.54) is 0 Å². The minimum Gasteiger partial charge on any atom is -0.377 e. The molecule has 2 N–H and O–H groups in total. The molecule has 0 aromatic rings. The van der Waals surface area contributed by atoms with Gasteiger partial charge in [0.15, 0.2) is 0 Å². The van der Waals surface area contributed by atoms with Crippen LogP contribution >= 0.6 is 0 Å². The molecular weight excluding hydrogens is 150 g/mol. The van der Waals surface area contributed by atoms with Crippen molar-refractivity contribution in [1.82, 2.24) is 0 Å². The number of hydrogen-bond acceptors (Lipinski definition) is 2. The van der Waals surface area contributed by atoms with Gasteiger partial charge < -0.3 is 10.5 Å². The van der Waals surface area contributed by atoms with Crippen molar-refractivity contribution in [2.45, 2.75) is 46.6 Å². The highest BCUT2D eigenvalue weighted by molar-refractivity contribution is 4.62. The molecule has 0 aromatic carbocycles. The first-order chi connectivity index (χ1) is 5.49. The number of rotatable bonds is 5. The Labute approximate surface area is 76.5 Å². The molecule has 1 atom stereocenters. The van der Waals surface area contributed by atoms with Crippen LogP contribution in [0.2, 0.25) is 0 Å². The van der Waals surface area contributed by atoms with Crippen molar-refractivity contribution in [3.63, 3.8) is 0 Å². The van der Waals surface area contributed by atoms with Crippen LogP contribution in [0, 0.1) is 5.41 Å². The second-order valence-corrected chi connectivity index (χ2v) is 4.45. The van der Waals surface area contributed by atoms with Crippen LogP contribution in [0.1, 0.15) is 40.5 Å². The lowest BCUT2D eigenvalue weighted by Crippen LogP contribution is -2.24. The lowest BCUT2D eigenvalue weighted by molar-refractivity contribution is 0.0409. The predicted octanol–water partition coefficient (Wildman–Crippen LogP) is 2.18. The first-order valence-electron chi connectivity index (χ1n) is 4.81. The van der Waals surface area contributed by atoms with E-state index in [2.05, 4.69) is 27.7 Å². The lowest BCUT2D eigenvalue weighted by Gasteiger charge is -2.20. The van der Waals surface area contributed by atoms with E-state index < -0.39 is 0 Å². The maximum Gasteiger partial charge on any atom is 0.0694 e.